The molecule has 0 amide bonds. The summed E-state index contributed by atoms with van der Waals surface area (Å²) in [6.45, 7) is 0. The molecule has 0 saturated heterocycles. The van der Waals surface area contributed by atoms with Crippen molar-refractivity contribution in [2.24, 2.45) is 0 Å². The fourth-order valence-electron chi connectivity index (χ4n) is 8.50. The van der Waals surface area contributed by atoms with Crippen LogP contribution in [0.4, 0.5) is 17.1 Å². The molecule has 2 heterocycles. The van der Waals surface area contributed by atoms with Gasteiger partial charge in [0, 0.05) is 38.6 Å². The molecule has 0 aliphatic heterocycles. The highest BCUT2D eigenvalue weighted by molar-refractivity contribution is 6.24. The van der Waals surface area contributed by atoms with Gasteiger partial charge in [-0.25, -0.2) is 0 Å². The first kappa shape index (κ1) is 31.2. The van der Waals surface area contributed by atoms with E-state index in [9.17, 15) is 0 Å². The summed E-state index contributed by atoms with van der Waals surface area (Å²) >= 11 is 0. The summed E-state index contributed by atoms with van der Waals surface area (Å²) in [6.07, 6.45) is 0. The summed E-state index contributed by atoms with van der Waals surface area (Å²) in [4.78, 5) is 2.30. The molecule has 0 bridgehead atoms. The third kappa shape index (κ3) is 5.05. The predicted octanol–water partition coefficient (Wildman–Crippen LogP) is 14.6. The number of para-hydroxylation sites is 4. The van der Waals surface area contributed by atoms with E-state index in [2.05, 4.69) is 216 Å². The Bertz CT molecular complexity index is 3180. The van der Waals surface area contributed by atoms with Gasteiger partial charge in [0.05, 0.1) is 16.7 Å². The molecule has 9 aromatic carbocycles. The lowest BCUT2D eigenvalue weighted by molar-refractivity contribution is 0.669. The molecule has 0 radical (unpaired) electrons. The molecule has 11 aromatic rings. The normalized spacial score (nSPS) is 11.6. The van der Waals surface area contributed by atoms with Crippen molar-refractivity contribution in [3.8, 4) is 27.9 Å². The molecular formula is C52H34N2O. The zero-order chi connectivity index (χ0) is 36.3. The van der Waals surface area contributed by atoms with Gasteiger partial charge in [0.2, 0.25) is 0 Å². The highest BCUT2D eigenvalue weighted by atomic mass is 16.3. The van der Waals surface area contributed by atoms with Crippen molar-refractivity contribution in [1.29, 1.82) is 0 Å². The second kappa shape index (κ2) is 12.6. The minimum absolute atomic E-state index is 0.858. The molecule has 3 heteroatoms. The average Bonchev–Trinajstić information content (AvgIpc) is 3.81. The van der Waals surface area contributed by atoms with Gasteiger partial charge < -0.3 is 13.9 Å². The maximum Gasteiger partial charge on any atom is 0.159 e. The Morgan fingerprint density at radius 1 is 0.382 bits per heavy atom. The number of nitrogens with zero attached hydrogens (tertiary/aromatic N) is 2. The summed E-state index contributed by atoms with van der Waals surface area (Å²) in [5.74, 6) is 0. The van der Waals surface area contributed by atoms with Crippen molar-refractivity contribution in [2.75, 3.05) is 4.90 Å². The molecule has 55 heavy (non-hydrogen) atoms. The number of anilines is 3. The zero-order valence-corrected chi connectivity index (χ0v) is 29.9. The second-order valence-electron chi connectivity index (χ2n) is 14.1. The highest BCUT2D eigenvalue weighted by Crippen LogP contribution is 2.46. The number of aromatic nitrogens is 1. The molecular weight excluding hydrogens is 669 g/mol. The number of hydrogen-bond acceptors (Lipinski definition) is 2. The Labute approximate surface area is 318 Å². The molecule has 0 spiro atoms. The van der Waals surface area contributed by atoms with Crippen LogP contribution in [0.5, 0.6) is 0 Å². The van der Waals surface area contributed by atoms with Crippen LogP contribution in [0.2, 0.25) is 0 Å². The fraction of sp³-hybridized carbons (Fsp3) is 0. The highest BCUT2D eigenvalue weighted by Gasteiger charge is 2.22. The molecule has 0 unspecified atom stereocenters. The maximum absolute atomic E-state index is 7.04. The van der Waals surface area contributed by atoms with Gasteiger partial charge in [0.15, 0.2) is 5.58 Å². The van der Waals surface area contributed by atoms with Crippen LogP contribution in [-0.4, -0.2) is 4.57 Å². The van der Waals surface area contributed by atoms with E-state index in [-0.39, 0.29) is 0 Å². The Hall–Kier alpha value is -7.36. The van der Waals surface area contributed by atoms with Gasteiger partial charge in [0.1, 0.15) is 5.58 Å². The van der Waals surface area contributed by atoms with Gasteiger partial charge in [0.25, 0.3) is 0 Å². The van der Waals surface area contributed by atoms with E-state index in [4.69, 9.17) is 4.42 Å². The monoisotopic (exact) mass is 702 g/mol. The van der Waals surface area contributed by atoms with E-state index in [1.807, 2.05) is 0 Å². The van der Waals surface area contributed by atoms with E-state index >= 15 is 0 Å². The zero-order valence-electron chi connectivity index (χ0n) is 29.9. The van der Waals surface area contributed by atoms with Crippen molar-refractivity contribution in [1.82, 2.24) is 4.57 Å². The Morgan fingerprint density at radius 2 is 0.964 bits per heavy atom. The molecule has 3 nitrogen and oxygen atoms in total. The smallest absolute Gasteiger partial charge is 0.159 e. The van der Waals surface area contributed by atoms with Crippen molar-refractivity contribution < 1.29 is 4.42 Å². The van der Waals surface area contributed by atoms with Crippen LogP contribution < -0.4 is 4.90 Å². The minimum atomic E-state index is 0.858. The summed E-state index contributed by atoms with van der Waals surface area (Å²) < 4.78 is 9.41. The molecule has 2 aromatic heterocycles. The van der Waals surface area contributed by atoms with Crippen LogP contribution in [0.3, 0.4) is 0 Å². The van der Waals surface area contributed by atoms with Crippen LogP contribution in [-0.2, 0) is 0 Å². The van der Waals surface area contributed by atoms with Gasteiger partial charge in [-0.2, -0.15) is 0 Å². The van der Waals surface area contributed by atoms with Gasteiger partial charge in [-0.15, -0.1) is 0 Å². The first-order valence-corrected chi connectivity index (χ1v) is 18.8. The van der Waals surface area contributed by atoms with E-state index < -0.39 is 0 Å². The quantitative estimate of drug-likeness (QED) is 0.172. The predicted molar refractivity (Wildman–Crippen MR) is 231 cm³/mol. The summed E-state index contributed by atoms with van der Waals surface area (Å²) in [6, 6.07) is 73.6. The molecule has 0 aliphatic rings. The summed E-state index contributed by atoms with van der Waals surface area (Å²) in [5.41, 5.74) is 13.1. The lowest BCUT2D eigenvalue weighted by atomic mass is 9.94. The number of benzene rings is 9. The Kier molecular flexibility index (Phi) is 7.17. The van der Waals surface area contributed by atoms with Crippen molar-refractivity contribution >= 4 is 71.6 Å². The lowest BCUT2D eigenvalue weighted by Gasteiger charge is -2.25. The topological polar surface area (TPSA) is 21.3 Å². The van der Waals surface area contributed by atoms with Crippen molar-refractivity contribution in [3.05, 3.63) is 206 Å². The van der Waals surface area contributed by atoms with E-state index in [0.29, 0.717) is 0 Å². The van der Waals surface area contributed by atoms with E-state index in [1.165, 1.54) is 43.7 Å². The number of rotatable bonds is 6. The minimum Gasteiger partial charge on any atom is -0.454 e. The Morgan fingerprint density at radius 3 is 1.75 bits per heavy atom. The molecule has 0 N–H and O–H groups in total. The molecule has 0 aliphatic carbocycles. The van der Waals surface area contributed by atoms with Gasteiger partial charge in [-0.05, 0) is 99.8 Å². The Balaban J connectivity index is 1.11. The molecule has 0 saturated carbocycles. The third-order valence-corrected chi connectivity index (χ3v) is 11.0. The average molecular weight is 703 g/mol. The molecule has 258 valence electrons. The summed E-state index contributed by atoms with van der Waals surface area (Å²) in [5, 5.41) is 7.07. The van der Waals surface area contributed by atoms with Crippen LogP contribution in [0.25, 0.3) is 82.5 Å². The SMILES string of the molecule is c1ccc(-c2ccc(N(c3ccccc3)c3cccc4c3oc3cc(-c5ccc6c(c5)c5ccccc5n6-c5ccccc5)c5ccccc5c34)cc2)cc1. The van der Waals surface area contributed by atoms with Gasteiger partial charge in [-0.3, -0.25) is 0 Å². The third-order valence-electron chi connectivity index (χ3n) is 11.0. The summed E-state index contributed by atoms with van der Waals surface area (Å²) in [7, 11) is 0. The number of furan rings is 1. The molecule has 0 atom stereocenters. The van der Waals surface area contributed by atoms with Gasteiger partial charge in [-0.1, -0.05) is 140 Å². The van der Waals surface area contributed by atoms with Crippen LogP contribution in [0, 0.1) is 0 Å². The molecule has 0 fully saturated rings. The maximum atomic E-state index is 7.04. The van der Waals surface area contributed by atoms with E-state index in [1.54, 1.807) is 0 Å². The van der Waals surface area contributed by atoms with Gasteiger partial charge >= 0.3 is 0 Å². The first-order chi connectivity index (χ1) is 27.3. The van der Waals surface area contributed by atoms with Crippen LogP contribution in [0.15, 0.2) is 211 Å². The van der Waals surface area contributed by atoms with E-state index in [0.717, 1.165) is 55.8 Å². The number of hydrogen-bond donors (Lipinski definition) is 0. The van der Waals surface area contributed by atoms with Crippen molar-refractivity contribution in [3.63, 3.8) is 0 Å². The standard InChI is InChI=1S/C52H34N2O/c1-4-15-35(16-5-1)36-27-30-40(31-28-36)53(38-17-6-2-7-18-38)49-26-14-24-44-51-43-23-11-10-21-41(43)45(34-50(51)55-52(44)49)37-29-32-48-46(33-37)42-22-12-13-25-47(42)54(48)39-19-8-3-9-20-39/h1-34H. The molecule has 11 rings (SSSR count). The largest absolute Gasteiger partial charge is 0.454 e. The number of fused-ring (bicyclic) bond motifs is 8. The fourth-order valence-corrected chi connectivity index (χ4v) is 8.50. The second-order valence-corrected chi connectivity index (χ2v) is 14.1. The van der Waals surface area contributed by atoms with Crippen molar-refractivity contribution in [2.45, 2.75) is 0 Å². The first-order valence-electron chi connectivity index (χ1n) is 18.8. The lowest BCUT2D eigenvalue weighted by Crippen LogP contribution is -2.10. The van der Waals surface area contributed by atoms with Crippen LogP contribution >= 0.6 is 0 Å². The van der Waals surface area contributed by atoms with Crippen LogP contribution in [0.1, 0.15) is 0 Å².